The van der Waals surface area contributed by atoms with E-state index in [2.05, 4.69) is 6.92 Å². The molecule has 2 rings (SSSR count). The fourth-order valence-electron chi connectivity index (χ4n) is 2.22. The highest BCUT2D eigenvalue weighted by Gasteiger charge is 2.18. The molecular weight excluding hydrogens is 248 g/mol. The van der Waals surface area contributed by atoms with Crippen LogP contribution in [0.15, 0.2) is 48.5 Å². The molecule has 0 saturated heterocycles. The van der Waals surface area contributed by atoms with Crippen LogP contribution in [0, 0.1) is 6.92 Å². The van der Waals surface area contributed by atoms with Crippen LogP contribution in [0.25, 0.3) is 0 Å². The molecule has 0 aliphatic heterocycles. The molecule has 0 radical (unpaired) electrons. The van der Waals surface area contributed by atoms with Gasteiger partial charge in [0.05, 0.1) is 0 Å². The molecule has 1 amide bonds. The molecule has 0 atom stereocenters. The van der Waals surface area contributed by atoms with Crippen molar-refractivity contribution in [2.75, 3.05) is 17.2 Å². The van der Waals surface area contributed by atoms with Gasteiger partial charge in [0.1, 0.15) is 0 Å². The number of carbonyl (C=O) groups is 1. The fourth-order valence-corrected chi connectivity index (χ4v) is 2.22. The van der Waals surface area contributed by atoms with Crippen LogP contribution in [0.1, 0.15) is 29.3 Å². The van der Waals surface area contributed by atoms with Crippen molar-refractivity contribution >= 4 is 17.3 Å². The molecule has 0 spiro atoms. The molecule has 0 aliphatic carbocycles. The Morgan fingerprint density at radius 3 is 2.55 bits per heavy atom. The molecule has 104 valence electrons. The van der Waals surface area contributed by atoms with E-state index in [-0.39, 0.29) is 5.91 Å². The maximum Gasteiger partial charge on any atom is 0.258 e. The van der Waals surface area contributed by atoms with E-state index in [1.807, 2.05) is 55.5 Å². The lowest BCUT2D eigenvalue weighted by Gasteiger charge is -2.23. The summed E-state index contributed by atoms with van der Waals surface area (Å²) in [6.07, 6.45) is 0.895. The quantitative estimate of drug-likeness (QED) is 0.861. The predicted molar refractivity (Wildman–Crippen MR) is 84.0 cm³/mol. The minimum atomic E-state index is 0.0237. The van der Waals surface area contributed by atoms with Gasteiger partial charge in [-0.1, -0.05) is 31.2 Å². The molecular formula is C17H20N2O. The van der Waals surface area contributed by atoms with Gasteiger partial charge in [0, 0.05) is 23.5 Å². The number of hydrogen-bond acceptors (Lipinski definition) is 2. The van der Waals surface area contributed by atoms with Crippen molar-refractivity contribution in [2.45, 2.75) is 20.3 Å². The number of carbonyl (C=O) groups excluding carboxylic acids is 1. The Bertz CT molecular complexity index is 607. The lowest BCUT2D eigenvalue weighted by molar-refractivity contribution is 0.0986. The zero-order valence-electron chi connectivity index (χ0n) is 12.0. The number of nitrogen functional groups attached to an aromatic ring is 1. The molecule has 3 nitrogen and oxygen atoms in total. The smallest absolute Gasteiger partial charge is 0.258 e. The Labute approximate surface area is 120 Å². The summed E-state index contributed by atoms with van der Waals surface area (Å²) in [5.41, 5.74) is 9.07. The van der Waals surface area contributed by atoms with E-state index in [9.17, 15) is 4.79 Å². The first kappa shape index (κ1) is 14.1. The maximum atomic E-state index is 12.8. The Morgan fingerprint density at radius 2 is 1.90 bits per heavy atom. The van der Waals surface area contributed by atoms with E-state index in [1.54, 1.807) is 4.90 Å². The lowest BCUT2D eigenvalue weighted by atomic mass is 10.1. The number of anilines is 2. The van der Waals surface area contributed by atoms with Gasteiger partial charge >= 0.3 is 0 Å². The van der Waals surface area contributed by atoms with E-state index in [1.165, 1.54) is 0 Å². The third-order valence-corrected chi connectivity index (χ3v) is 3.25. The molecule has 2 aromatic carbocycles. The third kappa shape index (κ3) is 2.99. The molecule has 0 unspecified atom stereocenters. The predicted octanol–water partition coefficient (Wildman–Crippen LogP) is 3.63. The second-order valence-electron chi connectivity index (χ2n) is 4.87. The van der Waals surface area contributed by atoms with Crippen molar-refractivity contribution in [3.05, 3.63) is 59.7 Å². The molecule has 0 bridgehead atoms. The normalized spacial score (nSPS) is 10.3. The van der Waals surface area contributed by atoms with Crippen molar-refractivity contribution in [1.82, 2.24) is 0 Å². The van der Waals surface area contributed by atoms with Crippen LogP contribution < -0.4 is 10.6 Å². The van der Waals surface area contributed by atoms with E-state index >= 15 is 0 Å². The van der Waals surface area contributed by atoms with Gasteiger partial charge in [0.2, 0.25) is 0 Å². The molecule has 0 aliphatic rings. The average Bonchev–Trinajstić information content (AvgIpc) is 2.44. The molecule has 0 heterocycles. The summed E-state index contributed by atoms with van der Waals surface area (Å²) in [4.78, 5) is 14.5. The summed E-state index contributed by atoms with van der Waals surface area (Å²) >= 11 is 0. The second kappa shape index (κ2) is 6.24. The summed E-state index contributed by atoms with van der Waals surface area (Å²) in [6.45, 7) is 4.69. The Morgan fingerprint density at radius 1 is 1.15 bits per heavy atom. The molecule has 2 N–H and O–H groups in total. The first-order valence-electron chi connectivity index (χ1n) is 6.86. The number of benzene rings is 2. The summed E-state index contributed by atoms with van der Waals surface area (Å²) < 4.78 is 0. The number of nitrogens with zero attached hydrogens (tertiary/aromatic N) is 1. The van der Waals surface area contributed by atoms with Crippen molar-refractivity contribution in [1.29, 1.82) is 0 Å². The Balaban J connectivity index is 2.39. The second-order valence-corrected chi connectivity index (χ2v) is 4.87. The minimum absolute atomic E-state index is 0.0237. The van der Waals surface area contributed by atoms with Crippen LogP contribution in [0.3, 0.4) is 0 Å². The Kier molecular flexibility index (Phi) is 4.41. The lowest BCUT2D eigenvalue weighted by Crippen LogP contribution is -2.32. The first-order valence-corrected chi connectivity index (χ1v) is 6.86. The van der Waals surface area contributed by atoms with Crippen LogP contribution in [-0.4, -0.2) is 12.5 Å². The molecule has 0 fully saturated rings. The van der Waals surface area contributed by atoms with Crippen molar-refractivity contribution < 1.29 is 4.79 Å². The zero-order chi connectivity index (χ0) is 14.5. The molecule has 3 heteroatoms. The first-order chi connectivity index (χ1) is 9.63. The van der Waals surface area contributed by atoms with E-state index < -0.39 is 0 Å². The van der Waals surface area contributed by atoms with Gasteiger partial charge in [0.25, 0.3) is 5.91 Å². The molecule has 0 aromatic heterocycles. The van der Waals surface area contributed by atoms with Crippen LogP contribution >= 0.6 is 0 Å². The summed E-state index contributed by atoms with van der Waals surface area (Å²) in [7, 11) is 0. The van der Waals surface area contributed by atoms with E-state index in [4.69, 9.17) is 5.73 Å². The summed E-state index contributed by atoms with van der Waals surface area (Å²) in [5, 5.41) is 0. The van der Waals surface area contributed by atoms with Gasteiger partial charge in [-0.05, 0) is 43.2 Å². The van der Waals surface area contributed by atoms with Gasteiger partial charge in [-0.3, -0.25) is 4.79 Å². The van der Waals surface area contributed by atoms with Gasteiger partial charge < -0.3 is 10.6 Å². The number of aryl methyl sites for hydroxylation is 1. The van der Waals surface area contributed by atoms with Gasteiger partial charge in [0.15, 0.2) is 0 Å². The van der Waals surface area contributed by atoms with E-state index in [0.29, 0.717) is 12.2 Å². The monoisotopic (exact) mass is 268 g/mol. The van der Waals surface area contributed by atoms with Crippen molar-refractivity contribution in [2.24, 2.45) is 0 Å². The van der Waals surface area contributed by atoms with Crippen LogP contribution in [0.5, 0.6) is 0 Å². The summed E-state index contributed by atoms with van der Waals surface area (Å²) in [6, 6.07) is 15.1. The largest absolute Gasteiger partial charge is 0.399 e. The van der Waals surface area contributed by atoms with Crippen LogP contribution in [0.2, 0.25) is 0 Å². The third-order valence-electron chi connectivity index (χ3n) is 3.25. The van der Waals surface area contributed by atoms with Gasteiger partial charge in [-0.2, -0.15) is 0 Å². The highest BCUT2D eigenvalue weighted by molar-refractivity contribution is 6.07. The molecule has 0 saturated carbocycles. The highest BCUT2D eigenvalue weighted by atomic mass is 16.2. The van der Waals surface area contributed by atoms with Gasteiger partial charge in [-0.15, -0.1) is 0 Å². The topological polar surface area (TPSA) is 46.3 Å². The molecule has 20 heavy (non-hydrogen) atoms. The highest BCUT2D eigenvalue weighted by Crippen LogP contribution is 2.21. The van der Waals surface area contributed by atoms with Crippen molar-refractivity contribution in [3.8, 4) is 0 Å². The van der Waals surface area contributed by atoms with E-state index in [0.717, 1.165) is 23.2 Å². The number of amides is 1. The van der Waals surface area contributed by atoms with Gasteiger partial charge in [-0.25, -0.2) is 0 Å². The van der Waals surface area contributed by atoms with Crippen LogP contribution in [0.4, 0.5) is 11.4 Å². The average molecular weight is 268 g/mol. The SMILES string of the molecule is CCCN(C(=O)c1ccccc1C)c1cccc(N)c1. The molecule has 2 aromatic rings. The summed E-state index contributed by atoms with van der Waals surface area (Å²) in [5.74, 6) is 0.0237. The number of hydrogen-bond donors (Lipinski definition) is 1. The number of nitrogens with two attached hydrogens (primary N) is 1. The zero-order valence-corrected chi connectivity index (χ0v) is 12.0. The minimum Gasteiger partial charge on any atom is -0.399 e. The maximum absolute atomic E-state index is 12.8. The standard InChI is InChI=1S/C17H20N2O/c1-3-11-19(15-9-6-8-14(18)12-15)17(20)16-10-5-4-7-13(16)2/h4-10,12H,3,11,18H2,1-2H3. The number of rotatable bonds is 4. The van der Waals surface area contributed by atoms with Crippen LogP contribution in [-0.2, 0) is 0 Å². The fraction of sp³-hybridized carbons (Fsp3) is 0.235. The Hall–Kier alpha value is -2.29. The van der Waals surface area contributed by atoms with Crippen molar-refractivity contribution in [3.63, 3.8) is 0 Å².